The number of nitrogens with zero attached hydrogens (tertiary/aromatic N) is 1. The second-order valence-electron chi connectivity index (χ2n) is 6.94. The van der Waals surface area contributed by atoms with E-state index in [0.717, 1.165) is 19.1 Å². The SMILES string of the molecule is CC(C)(CCNC1CCCCCC1)N1CCNCC1. The Morgan fingerprint density at radius 3 is 2.32 bits per heavy atom. The van der Waals surface area contributed by atoms with Gasteiger partial charge in [-0.2, -0.15) is 0 Å². The molecular weight excluding hydrogens is 234 g/mol. The average Bonchev–Trinajstić information content (AvgIpc) is 2.68. The summed E-state index contributed by atoms with van der Waals surface area (Å²) in [6.45, 7) is 10.7. The largest absolute Gasteiger partial charge is 0.314 e. The highest BCUT2D eigenvalue weighted by Gasteiger charge is 2.27. The van der Waals surface area contributed by atoms with E-state index in [2.05, 4.69) is 29.4 Å². The molecule has 1 saturated heterocycles. The van der Waals surface area contributed by atoms with E-state index in [0.29, 0.717) is 5.54 Å². The van der Waals surface area contributed by atoms with E-state index >= 15 is 0 Å². The number of hydrogen-bond donors (Lipinski definition) is 2. The highest BCUT2D eigenvalue weighted by Crippen LogP contribution is 2.20. The molecule has 0 bridgehead atoms. The molecule has 0 aromatic rings. The molecule has 2 fully saturated rings. The van der Waals surface area contributed by atoms with Crippen LogP contribution in [-0.4, -0.2) is 49.2 Å². The van der Waals surface area contributed by atoms with Gasteiger partial charge in [0.25, 0.3) is 0 Å². The summed E-state index contributed by atoms with van der Waals surface area (Å²) in [7, 11) is 0. The van der Waals surface area contributed by atoms with Crippen LogP contribution in [0.4, 0.5) is 0 Å². The van der Waals surface area contributed by atoms with Crippen LogP contribution in [0.3, 0.4) is 0 Å². The molecule has 0 spiro atoms. The molecule has 1 aliphatic carbocycles. The second kappa shape index (κ2) is 7.61. The topological polar surface area (TPSA) is 27.3 Å². The van der Waals surface area contributed by atoms with E-state index in [1.54, 1.807) is 0 Å². The molecule has 0 atom stereocenters. The molecule has 1 saturated carbocycles. The Hall–Kier alpha value is -0.120. The Labute approximate surface area is 119 Å². The molecule has 3 heteroatoms. The first-order valence-electron chi connectivity index (χ1n) is 8.38. The maximum atomic E-state index is 3.81. The highest BCUT2D eigenvalue weighted by molar-refractivity contribution is 4.85. The summed E-state index contributed by atoms with van der Waals surface area (Å²) < 4.78 is 0. The smallest absolute Gasteiger partial charge is 0.0166 e. The van der Waals surface area contributed by atoms with Crippen molar-refractivity contribution in [2.45, 2.75) is 70.4 Å². The zero-order chi connectivity index (χ0) is 13.6. The van der Waals surface area contributed by atoms with Gasteiger partial charge in [0.1, 0.15) is 0 Å². The molecule has 0 amide bonds. The lowest BCUT2D eigenvalue weighted by Gasteiger charge is -2.41. The molecule has 2 rings (SSSR count). The Kier molecular flexibility index (Phi) is 6.11. The molecule has 1 aliphatic heterocycles. The van der Waals surface area contributed by atoms with Crippen molar-refractivity contribution >= 4 is 0 Å². The van der Waals surface area contributed by atoms with Crippen LogP contribution >= 0.6 is 0 Å². The van der Waals surface area contributed by atoms with Gasteiger partial charge < -0.3 is 10.6 Å². The van der Waals surface area contributed by atoms with Gasteiger partial charge in [-0.1, -0.05) is 25.7 Å². The van der Waals surface area contributed by atoms with E-state index in [9.17, 15) is 0 Å². The number of piperazine rings is 1. The molecule has 0 radical (unpaired) electrons. The van der Waals surface area contributed by atoms with Gasteiger partial charge in [-0.05, 0) is 39.7 Å². The fourth-order valence-electron chi connectivity index (χ4n) is 3.49. The molecule has 0 aromatic heterocycles. The van der Waals surface area contributed by atoms with E-state index < -0.39 is 0 Å². The van der Waals surface area contributed by atoms with Crippen molar-refractivity contribution in [2.24, 2.45) is 0 Å². The van der Waals surface area contributed by atoms with Gasteiger partial charge >= 0.3 is 0 Å². The van der Waals surface area contributed by atoms with Gasteiger partial charge in [0, 0.05) is 37.8 Å². The Morgan fingerprint density at radius 1 is 1.05 bits per heavy atom. The van der Waals surface area contributed by atoms with Crippen molar-refractivity contribution in [3.8, 4) is 0 Å². The minimum Gasteiger partial charge on any atom is -0.314 e. The first-order chi connectivity index (χ1) is 9.18. The van der Waals surface area contributed by atoms with Gasteiger partial charge in [-0.15, -0.1) is 0 Å². The van der Waals surface area contributed by atoms with E-state index in [4.69, 9.17) is 0 Å². The minimum atomic E-state index is 0.347. The molecule has 0 unspecified atom stereocenters. The number of rotatable bonds is 5. The van der Waals surface area contributed by atoms with Gasteiger partial charge in [0.15, 0.2) is 0 Å². The molecular formula is C16H33N3. The standard InChI is InChI=1S/C16H33N3/c1-16(2,19-13-11-17-12-14-19)9-10-18-15-7-5-3-4-6-8-15/h15,17-18H,3-14H2,1-2H3. The summed E-state index contributed by atoms with van der Waals surface area (Å²) in [5.41, 5.74) is 0.347. The normalized spacial score (nSPS) is 24.3. The van der Waals surface area contributed by atoms with Gasteiger partial charge in [0.05, 0.1) is 0 Å². The zero-order valence-electron chi connectivity index (χ0n) is 13.0. The van der Waals surface area contributed by atoms with Crippen molar-refractivity contribution in [2.75, 3.05) is 32.7 Å². The summed E-state index contributed by atoms with van der Waals surface area (Å²) in [6.07, 6.45) is 9.82. The summed E-state index contributed by atoms with van der Waals surface area (Å²) >= 11 is 0. The van der Waals surface area contributed by atoms with Crippen molar-refractivity contribution in [1.82, 2.24) is 15.5 Å². The lowest BCUT2D eigenvalue weighted by molar-refractivity contribution is 0.0947. The predicted molar refractivity (Wildman–Crippen MR) is 82.6 cm³/mol. The average molecular weight is 267 g/mol. The van der Waals surface area contributed by atoms with Crippen molar-refractivity contribution in [3.63, 3.8) is 0 Å². The summed E-state index contributed by atoms with van der Waals surface area (Å²) in [6, 6.07) is 0.793. The van der Waals surface area contributed by atoms with Crippen LogP contribution in [0.5, 0.6) is 0 Å². The van der Waals surface area contributed by atoms with Crippen LogP contribution in [0, 0.1) is 0 Å². The highest BCUT2D eigenvalue weighted by atomic mass is 15.2. The fraction of sp³-hybridized carbons (Fsp3) is 1.00. The third kappa shape index (κ3) is 5.05. The van der Waals surface area contributed by atoms with E-state index in [-0.39, 0.29) is 0 Å². The molecule has 2 N–H and O–H groups in total. The molecule has 19 heavy (non-hydrogen) atoms. The molecule has 2 aliphatic rings. The summed E-state index contributed by atoms with van der Waals surface area (Å²) in [4.78, 5) is 2.65. The van der Waals surface area contributed by atoms with Crippen LogP contribution in [0.15, 0.2) is 0 Å². The summed E-state index contributed by atoms with van der Waals surface area (Å²) in [5.74, 6) is 0. The fourth-order valence-corrected chi connectivity index (χ4v) is 3.49. The van der Waals surface area contributed by atoms with Gasteiger partial charge in [-0.3, -0.25) is 4.90 Å². The quantitative estimate of drug-likeness (QED) is 0.749. The van der Waals surface area contributed by atoms with Crippen LogP contribution in [-0.2, 0) is 0 Å². The Morgan fingerprint density at radius 2 is 1.68 bits per heavy atom. The van der Waals surface area contributed by atoms with Gasteiger partial charge in [-0.25, -0.2) is 0 Å². The molecule has 0 aromatic carbocycles. The first kappa shape index (κ1) is 15.3. The number of hydrogen-bond acceptors (Lipinski definition) is 3. The van der Waals surface area contributed by atoms with E-state index in [1.807, 2.05) is 0 Å². The Balaban J connectivity index is 1.68. The lowest BCUT2D eigenvalue weighted by Crippen LogP contribution is -2.54. The second-order valence-corrected chi connectivity index (χ2v) is 6.94. The van der Waals surface area contributed by atoms with Crippen LogP contribution in [0.1, 0.15) is 58.8 Å². The summed E-state index contributed by atoms with van der Waals surface area (Å²) in [5, 5.41) is 7.26. The molecule has 112 valence electrons. The third-order valence-electron chi connectivity index (χ3n) is 5.00. The van der Waals surface area contributed by atoms with E-state index in [1.165, 1.54) is 64.6 Å². The van der Waals surface area contributed by atoms with Crippen LogP contribution < -0.4 is 10.6 Å². The zero-order valence-corrected chi connectivity index (χ0v) is 13.0. The Bertz CT molecular complexity index is 238. The van der Waals surface area contributed by atoms with Crippen molar-refractivity contribution in [3.05, 3.63) is 0 Å². The molecule has 3 nitrogen and oxygen atoms in total. The van der Waals surface area contributed by atoms with Crippen molar-refractivity contribution in [1.29, 1.82) is 0 Å². The number of nitrogens with one attached hydrogen (secondary N) is 2. The van der Waals surface area contributed by atoms with Crippen molar-refractivity contribution < 1.29 is 0 Å². The minimum absolute atomic E-state index is 0.347. The monoisotopic (exact) mass is 267 g/mol. The third-order valence-corrected chi connectivity index (χ3v) is 5.00. The van der Waals surface area contributed by atoms with Crippen LogP contribution in [0.25, 0.3) is 0 Å². The first-order valence-corrected chi connectivity index (χ1v) is 8.38. The molecule has 1 heterocycles. The lowest BCUT2D eigenvalue weighted by atomic mass is 9.96. The maximum Gasteiger partial charge on any atom is 0.0166 e. The predicted octanol–water partition coefficient (Wildman–Crippen LogP) is 2.37. The van der Waals surface area contributed by atoms with Gasteiger partial charge in [0.2, 0.25) is 0 Å². The maximum absolute atomic E-state index is 3.81. The van der Waals surface area contributed by atoms with Crippen LogP contribution in [0.2, 0.25) is 0 Å².